The minimum atomic E-state index is 0.226. The van der Waals surface area contributed by atoms with Gasteiger partial charge in [0.1, 0.15) is 0 Å². The summed E-state index contributed by atoms with van der Waals surface area (Å²) >= 11 is 0. The number of hydrogen-bond acceptors (Lipinski definition) is 6. The Morgan fingerprint density at radius 2 is 2.24 bits per heavy atom. The van der Waals surface area contributed by atoms with Crippen LogP contribution in [0.3, 0.4) is 0 Å². The summed E-state index contributed by atoms with van der Waals surface area (Å²) in [5.74, 6) is 0. The number of piperidine rings is 1. The third kappa shape index (κ3) is 3.64. The van der Waals surface area contributed by atoms with Crippen molar-refractivity contribution < 1.29 is 0 Å². The maximum absolute atomic E-state index is 7.68. The van der Waals surface area contributed by atoms with E-state index >= 15 is 0 Å². The lowest BCUT2D eigenvalue weighted by Gasteiger charge is -2.43. The van der Waals surface area contributed by atoms with Gasteiger partial charge < -0.3 is 15.6 Å². The lowest BCUT2D eigenvalue weighted by molar-refractivity contribution is 0.170. The molecule has 2 saturated heterocycles. The van der Waals surface area contributed by atoms with E-state index in [1.807, 2.05) is 6.08 Å². The van der Waals surface area contributed by atoms with Gasteiger partial charge >= 0.3 is 0 Å². The summed E-state index contributed by atoms with van der Waals surface area (Å²) < 4.78 is 0. The molecule has 3 aliphatic heterocycles. The normalized spacial score (nSPS) is 32.7. The molecular formula is C19H26N6. The molecule has 0 aliphatic carbocycles. The van der Waals surface area contributed by atoms with Crippen LogP contribution < -0.4 is 10.7 Å². The Morgan fingerprint density at radius 3 is 2.96 bits per heavy atom. The second-order valence-corrected chi connectivity index (χ2v) is 6.74. The van der Waals surface area contributed by atoms with Crippen LogP contribution in [0.15, 0.2) is 57.6 Å². The minimum Gasteiger partial charge on any atom is -0.369 e. The molecule has 3 aliphatic rings. The monoisotopic (exact) mass is 338 g/mol. The van der Waals surface area contributed by atoms with Crippen LogP contribution in [0.1, 0.15) is 25.7 Å². The third-order valence-corrected chi connectivity index (χ3v) is 5.17. The molecule has 0 aromatic rings. The smallest absolute Gasteiger partial charge is 0.0492 e. The number of aliphatic imine (C=N–C) groups is 1. The molecule has 25 heavy (non-hydrogen) atoms. The van der Waals surface area contributed by atoms with E-state index in [0.717, 1.165) is 42.9 Å². The van der Waals surface area contributed by atoms with Crippen molar-refractivity contribution in [3.8, 4) is 0 Å². The molecule has 0 saturated carbocycles. The van der Waals surface area contributed by atoms with Crippen molar-refractivity contribution in [2.45, 2.75) is 31.2 Å². The fourth-order valence-electron chi connectivity index (χ4n) is 3.97. The van der Waals surface area contributed by atoms with Crippen LogP contribution in [0.4, 0.5) is 0 Å². The van der Waals surface area contributed by atoms with Crippen LogP contribution >= 0.6 is 0 Å². The molecule has 1 spiro atoms. The zero-order valence-corrected chi connectivity index (χ0v) is 14.6. The molecule has 1 unspecified atom stereocenters. The van der Waals surface area contributed by atoms with Crippen LogP contribution in [0.2, 0.25) is 0 Å². The van der Waals surface area contributed by atoms with Gasteiger partial charge in [0.05, 0.1) is 0 Å². The highest BCUT2D eigenvalue weighted by atomic mass is 15.3. The highest BCUT2D eigenvalue weighted by Crippen LogP contribution is 2.34. The van der Waals surface area contributed by atoms with E-state index < -0.39 is 0 Å². The topological polar surface area (TPSA) is 75.9 Å². The van der Waals surface area contributed by atoms with E-state index in [1.54, 1.807) is 18.6 Å². The van der Waals surface area contributed by atoms with Gasteiger partial charge in [-0.2, -0.15) is 5.10 Å². The summed E-state index contributed by atoms with van der Waals surface area (Å²) in [5, 5.41) is 15.6. The number of rotatable bonds is 4. The van der Waals surface area contributed by atoms with Crippen molar-refractivity contribution in [2.75, 3.05) is 19.6 Å². The predicted molar refractivity (Wildman–Crippen MR) is 104 cm³/mol. The molecule has 132 valence electrons. The first-order chi connectivity index (χ1) is 12.2. The van der Waals surface area contributed by atoms with Crippen molar-refractivity contribution in [3.63, 3.8) is 0 Å². The van der Waals surface area contributed by atoms with Gasteiger partial charge in [-0.25, -0.2) is 0 Å². The second-order valence-electron chi connectivity index (χ2n) is 6.74. The molecule has 0 amide bonds. The van der Waals surface area contributed by atoms with E-state index in [0.29, 0.717) is 5.57 Å². The van der Waals surface area contributed by atoms with Crippen molar-refractivity contribution in [2.24, 2.45) is 10.1 Å². The SMILES string of the molecule is C=N/C=C(C=N)/C1=C/N/N=C\C=C(\N2CCCC3(CCCN3)C2)C1=C. The third-order valence-electron chi connectivity index (χ3n) is 5.17. The zero-order valence-electron chi connectivity index (χ0n) is 14.6. The Morgan fingerprint density at radius 1 is 1.40 bits per heavy atom. The van der Waals surface area contributed by atoms with Gasteiger partial charge in [-0.15, -0.1) is 0 Å². The predicted octanol–water partition coefficient (Wildman–Crippen LogP) is 2.35. The number of likely N-dealkylation sites (tertiary alicyclic amines) is 1. The van der Waals surface area contributed by atoms with Gasteiger partial charge in [-0.1, -0.05) is 6.58 Å². The number of hydrogen-bond donors (Lipinski definition) is 3. The first-order valence-electron chi connectivity index (χ1n) is 8.75. The fraction of sp³-hybridized carbons (Fsp3) is 0.421. The van der Waals surface area contributed by atoms with Crippen LogP contribution in [-0.2, 0) is 0 Å². The number of nitrogens with zero attached hydrogens (tertiary/aromatic N) is 3. The number of hydrazone groups is 1. The molecule has 3 N–H and O–H groups in total. The van der Waals surface area contributed by atoms with E-state index in [9.17, 15) is 0 Å². The fourth-order valence-corrected chi connectivity index (χ4v) is 3.97. The van der Waals surface area contributed by atoms with Gasteiger partial charge in [0, 0.05) is 65.9 Å². The Bertz CT molecular complexity index is 676. The standard InChI is InChI=1S/C19H26N6/c1-15-17(16(11-20)12-21-2)13-24-23-9-5-18(15)25-10-4-7-19(14-25)6-3-8-22-19/h5,9,11-13,20,22,24H,1-4,6-8,10,14H2/b16-12+,17-13+,18-5+,20-11?,23-9-. The first kappa shape index (κ1) is 17.4. The van der Waals surface area contributed by atoms with Gasteiger partial charge in [0.25, 0.3) is 0 Å². The summed E-state index contributed by atoms with van der Waals surface area (Å²) in [5.41, 5.74) is 6.49. The molecule has 2 fully saturated rings. The van der Waals surface area contributed by atoms with Crippen molar-refractivity contribution in [1.82, 2.24) is 15.6 Å². The Hall–Kier alpha value is -2.47. The summed E-state index contributed by atoms with van der Waals surface area (Å²) in [4.78, 5) is 6.21. The highest BCUT2D eigenvalue weighted by molar-refractivity contribution is 5.86. The highest BCUT2D eigenvalue weighted by Gasteiger charge is 2.38. The Kier molecular flexibility index (Phi) is 5.28. The van der Waals surface area contributed by atoms with Gasteiger partial charge in [-0.3, -0.25) is 10.4 Å². The van der Waals surface area contributed by atoms with Gasteiger partial charge in [0.15, 0.2) is 0 Å². The van der Waals surface area contributed by atoms with E-state index in [2.05, 4.69) is 39.0 Å². The average molecular weight is 338 g/mol. The molecule has 0 bridgehead atoms. The van der Waals surface area contributed by atoms with Crippen LogP contribution in [0, 0.1) is 5.41 Å². The molecule has 3 rings (SSSR count). The minimum absolute atomic E-state index is 0.226. The maximum atomic E-state index is 7.68. The lowest BCUT2D eigenvalue weighted by Crippen LogP contribution is -2.53. The Labute approximate surface area is 149 Å². The van der Waals surface area contributed by atoms with E-state index in [1.165, 1.54) is 25.5 Å². The van der Waals surface area contributed by atoms with Crippen molar-refractivity contribution in [3.05, 3.63) is 47.5 Å². The average Bonchev–Trinajstić information content (AvgIpc) is 3.05. The maximum Gasteiger partial charge on any atom is 0.0492 e. The van der Waals surface area contributed by atoms with Crippen molar-refractivity contribution in [1.29, 1.82) is 5.41 Å². The molecular weight excluding hydrogens is 312 g/mol. The lowest BCUT2D eigenvalue weighted by atomic mass is 9.86. The van der Waals surface area contributed by atoms with E-state index in [4.69, 9.17) is 5.41 Å². The molecule has 3 heterocycles. The molecule has 0 aromatic carbocycles. The van der Waals surface area contributed by atoms with Crippen molar-refractivity contribution >= 4 is 19.1 Å². The second kappa shape index (κ2) is 7.61. The molecule has 0 radical (unpaired) electrons. The molecule has 6 nitrogen and oxygen atoms in total. The van der Waals surface area contributed by atoms with Crippen LogP contribution in [0.5, 0.6) is 0 Å². The summed E-state index contributed by atoms with van der Waals surface area (Å²) in [7, 11) is 0. The summed E-state index contributed by atoms with van der Waals surface area (Å²) in [6, 6.07) is 0. The summed E-state index contributed by atoms with van der Waals surface area (Å²) in [6.07, 6.45) is 13.2. The molecule has 1 atom stereocenters. The largest absolute Gasteiger partial charge is 0.369 e. The molecule has 6 heteroatoms. The van der Waals surface area contributed by atoms with E-state index in [-0.39, 0.29) is 5.54 Å². The number of nitrogens with one attached hydrogen (secondary N) is 3. The van der Waals surface area contributed by atoms with Gasteiger partial charge in [0.2, 0.25) is 0 Å². The van der Waals surface area contributed by atoms with Crippen LogP contribution in [-0.4, -0.2) is 49.2 Å². The summed E-state index contributed by atoms with van der Waals surface area (Å²) in [6.45, 7) is 10.9. The van der Waals surface area contributed by atoms with Crippen LogP contribution in [0.25, 0.3) is 0 Å². The first-order valence-corrected chi connectivity index (χ1v) is 8.75. The van der Waals surface area contributed by atoms with Gasteiger partial charge in [-0.05, 0) is 45.0 Å². The molecule has 0 aromatic heterocycles. The Balaban J connectivity index is 1.90. The quantitative estimate of drug-likeness (QED) is 0.689. The number of allylic oxidation sites excluding steroid dienone is 3. The zero-order chi connectivity index (χ0) is 17.7.